The van der Waals surface area contributed by atoms with Crippen molar-refractivity contribution >= 4 is 21.7 Å². The van der Waals surface area contributed by atoms with Gasteiger partial charge in [-0.25, -0.2) is 17.2 Å². The van der Waals surface area contributed by atoms with E-state index in [4.69, 9.17) is 0 Å². The fourth-order valence-corrected chi connectivity index (χ4v) is 6.07. The molecule has 1 aromatic rings. The second-order valence-electron chi connectivity index (χ2n) is 8.91. The number of alkyl halides is 2. The molecule has 2 saturated carbocycles. The van der Waals surface area contributed by atoms with Crippen LogP contribution in [0.1, 0.15) is 37.8 Å². The molecule has 0 bridgehead atoms. The summed E-state index contributed by atoms with van der Waals surface area (Å²) in [6.45, 7) is 0.752. The summed E-state index contributed by atoms with van der Waals surface area (Å²) >= 11 is 0. The number of aromatic nitrogens is 2. The Labute approximate surface area is 184 Å². The van der Waals surface area contributed by atoms with E-state index in [1.807, 2.05) is 6.07 Å². The van der Waals surface area contributed by atoms with E-state index in [0.29, 0.717) is 18.5 Å². The highest BCUT2D eigenvalue weighted by atomic mass is 32.2. The first-order chi connectivity index (χ1) is 15.0. The van der Waals surface area contributed by atoms with Crippen molar-refractivity contribution in [3.63, 3.8) is 0 Å². The third-order valence-electron chi connectivity index (χ3n) is 6.48. The molecule has 3 fully saturated rings. The minimum absolute atomic E-state index is 0.153. The summed E-state index contributed by atoms with van der Waals surface area (Å²) < 4.78 is 53.6. The Bertz CT molecular complexity index is 1080. The molecule has 1 N–H and O–H groups in total. The van der Waals surface area contributed by atoms with Crippen molar-refractivity contribution in [1.29, 1.82) is 5.26 Å². The van der Waals surface area contributed by atoms with Gasteiger partial charge in [-0.05, 0) is 44.7 Å². The number of carbonyl (C=O) groups excluding carboxylic acids is 2. The lowest BCUT2D eigenvalue weighted by Gasteiger charge is -2.24. The van der Waals surface area contributed by atoms with Gasteiger partial charge in [-0.1, -0.05) is 0 Å². The number of halogens is 2. The van der Waals surface area contributed by atoms with E-state index in [9.17, 15) is 32.0 Å². The van der Waals surface area contributed by atoms with Gasteiger partial charge < -0.3 is 10.2 Å². The molecule has 32 heavy (non-hydrogen) atoms. The molecule has 172 valence electrons. The number of sulfone groups is 1. The minimum atomic E-state index is -4.01. The predicted molar refractivity (Wildman–Crippen MR) is 106 cm³/mol. The number of nitriles is 1. The largest absolute Gasteiger partial charge is 0.338 e. The minimum Gasteiger partial charge on any atom is -0.338 e. The smallest absolute Gasteiger partial charge is 0.267 e. The Morgan fingerprint density at radius 2 is 1.88 bits per heavy atom. The molecule has 9 nitrogen and oxygen atoms in total. The summed E-state index contributed by atoms with van der Waals surface area (Å²) in [6, 6.07) is 4.84. The molecule has 3 atom stereocenters. The molecule has 0 aromatic carbocycles. The molecule has 1 saturated heterocycles. The molecule has 1 aliphatic heterocycles. The van der Waals surface area contributed by atoms with Gasteiger partial charge >= 0.3 is 0 Å². The van der Waals surface area contributed by atoms with Gasteiger partial charge in [-0.3, -0.25) is 9.59 Å². The van der Waals surface area contributed by atoms with E-state index in [2.05, 4.69) is 15.5 Å². The highest BCUT2D eigenvalue weighted by Crippen LogP contribution is 2.42. The molecule has 3 aliphatic rings. The lowest BCUT2D eigenvalue weighted by Crippen LogP contribution is -2.45. The third kappa shape index (κ3) is 4.18. The van der Waals surface area contributed by atoms with Crippen molar-refractivity contribution in [1.82, 2.24) is 20.4 Å². The highest BCUT2D eigenvalue weighted by molar-refractivity contribution is 7.92. The zero-order valence-electron chi connectivity index (χ0n) is 17.4. The van der Waals surface area contributed by atoms with Crippen LogP contribution < -0.4 is 5.32 Å². The molecule has 12 heteroatoms. The molecule has 2 aliphatic carbocycles. The van der Waals surface area contributed by atoms with Crippen LogP contribution in [0.15, 0.2) is 17.2 Å². The number of carbonyl (C=O) groups is 2. The zero-order chi connectivity index (χ0) is 23.3. The number of amides is 2. The van der Waals surface area contributed by atoms with E-state index in [1.54, 1.807) is 6.92 Å². The Hall–Kier alpha value is -2.68. The van der Waals surface area contributed by atoms with Gasteiger partial charge in [0.15, 0.2) is 14.9 Å². The maximum absolute atomic E-state index is 13.7. The normalized spacial score (nSPS) is 28.2. The van der Waals surface area contributed by atoms with Gasteiger partial charge in [-0.2, -0.15) is 10.4 Å². The molecule has 0 spiro atoms. The van der Waals surface area contributed by atoms with Crippen LogP contribution in [-0.4, -0.2) is 65.1 Å². The second-order valence-corrected chi connectivity index (χ2v) is 11.1. The number of nitrogens with zero attached hydrogens (tertiary/aromatic N) is 4. The van der Waals surface area contributed by atoms with E-state index in [0.717, 1.165) is 4.90 Å². The zero-order valence-corrected chi connectivity index (χ0v) is 18.2. The number of hydrogen-bond acceptors (Lipinski definition) is 7. The first-order valence-corrected chi connectivity index (χ1v) is 12.0. The summed E-state index contributed by atoms with van der Waals surface area (Å²) in [5, 5.41) is 18.1. The van der Waals surface area contributed by atoms with Crippen LogP contribution >= 0.6 is 0 Å². The van der Waals surface area contributed by atoms with Crippen LogP contribution in [0, 0.1) is 30.1 Å². The van der Waals surface area contributed by atoms with Crippen molar-refractivity contribution < 1.29 is 26.8 Å². The second kappa shape index (κ2) is 7.72. The lowest BCUT2D eigenvalue weighted by molar-refractivity contribution is -0.141. The number of aryl methyl sites for hydroxylation is 1. The van der Waals surface area contributed by atoms with E-state index in [1.165, 1.54) is 12.1 Å². The van der Waals surface area contributed by atoms with Crippen LogP contribution in [-0.2, 0) is 19.4 Å². The first kappa shape index (κ1) is 22.5. The first-order valence-electron chi connectivity index (χ1n) is 10.4. The van der Waals surface area contributed by atoms with Gasteiger partial charge in [0.1, 0.15) is 5.54 Å². The maximum atomic E-state index is 13.7. The van der Waals surface area contributed by atoms with Gasteiger partial charge in [0.25, 0.3) is 5.92 Å². The Morgan fingerprint density at radius 3 is 2.41 bits per heavy atom. The van der Waals surface area contributed by atoms with Crippen molar-refractivity contribution in [2.24, 2.45) is 11.8 Å². The quantitative estimate of drug-likeness (QED) is 0.683. The van der Waals surface area contributed by atoms with E-state index < -0.39 is 63.2 Å². The lowest BCUT2D eigenvalue weighted by atomic mass is 9.93. The summed E-state index contributed by atoms with van der Waals surface area (Å²) in [5.41, 5.74) is -0.466. The monoisotopic (exact) mass is 467 g/mol. The molecule has 4 rings (SSSR count). The molecule has 0 radical (unpaired) electrons. The fourth-order valence-electron chi connectivity index (χ4n) is 4.39. The van der Waals surface area contributed by atoms with Crippen LogP contribution in [0.2, 0.25) is 0 Å². The van der Waals surface area contributed by atoms with E-state index >= 15 is 0 Å². The summed E-state index contributed by atoms with van der Waals surface area (Å²) in [4.78, 5) is 27.0. The average Bonchev–Trinajstić information content (AvgIpc) is 3.19. The topological polar surface area (TPSA) is 133 Å². The van der Waals surface area contributed by atoms with Crippen molar-refractivity contribution in [3.05, 3.63) is 17.8 Å². The highest BCUT2D eigenvalue weighted by Gasteiger charge is 2.53. The fraction of sp³-hybridized carbons (Fsp3) is 0.650. The number of nitrogens with one attached hydrogen (secondary N) is 1. The molecular weight excluding hydrogens is 444 g/mol. The Morgan fingerprint density at radius 1 is 1.19 bits per heavy atom. The Balaban J connectivity index is 1.60. The number of hydrogen-bond donors (Lipinski definition) is 1. The maximum Gasteiger partial charge on any atom is 0.267 e. The van der Waals surface area contributed by atoms with Gasteiger partial charge in [0.2, 0.25) is 11.8 Å². The molecular formula is C20H23F2N5O4S. The third-order valence-corrected chi connectivity index (χ3v) is 8.55. The SMILES string of the molecule is Cc1ccc(S(=O)(=O)[C@H]2CC(C(=O)N3CCC(F)(F)C3)[C@H](C(=O)NC3(C#N)CC3)C2)nn1. The molecule has 1 aromatic heterocycles. The molecule has 2 amide bonds. The Kier molecular flexibility index (Phi) is 5.43. The number of rotatable bonds is 5. The van der Waals surface area contributed by atoms with Gasteiger partial charge in [-0.15, -0.1) is 5.10 Å². The molecule has 2 heterocycles. The molecule has 1 unspecified atom stereocenters. The van der Waals surface area contributed by atoms with Gasteiger partial charge in [0.05, 0.1) is 35.4 Å². The number of likely N-dealkylation sites (tertiary alicyclic amines) is 1. The van der Waals surface area contributed by atoms with Crippen LogP contribution in [0.3, 0.4) is 0 Å². The van der Waals surface area contributed by atoms with Crippen molar-refractivity contribution in [2.45, 2.75) is 60.8 Å². The van der Waals surface area contributed by atoms with Crippen LogP contribution in [0.4, 0.5) is 8.78 Å². The predicted octanol–water partition coefficient (Wildman–Crippen LogP) is 0.993. The van der Waals surface area contributed by atoms with Crippen LogP contribution in [0.5, 0.6) is 0 Å². The average molecular weight is 467 g/mol. The summed E-state index contributed by atoms with van der Waals surface area (Å²) in [6.07, 6.45) is 0.127. The van der Waals surface area contributed by atoms with E-state index in [-0.39, 0.29) is 24.4 Å². The summed E-state index contributed by atoms with van der Waals surface area (Å²) in [7, 11) is -4.01. The van der Waals surface area contributed by atoms with Crippen LogP contribution in [0.25, 0.3) is 0 Å². The van der Waals surface area contributed by atoms with Crippen molar-refractivity contribution in [2.75, 3.05) is 13.1 Å². The standard InChI is InChI=1S/C20H23F2N5O4S/c1-12-2-3-16(26-25-12)32(30,31)13-8-14(17(28)24-19(10-23)4-5-19)15(9-13)18(29)27-7-6-20(21,22)11-27/h2-3,13-15H,4-9,11H2,1H3,(H,24,28)/t13-,14-,15?/m1/s1. The van der Waals surface area contributed by atoms with Crippen molar-refractivity contribution in [3.8, 4) is 6.07 Å². The summed E-state index contributed by atoms with van der Waals surface area (Å²) in [5.74, 6) is -6.37. The van der Waals surface area contributed by atoms with Gasteiger partial charge in [0, 0.05) is 13.0 Å².